The molecule has 0 spiro atoms. The van der Waals surface area contributed by atoms with Gasteiger partial charge in [-0.25, -0.2) is 4.98 Å². The first-order valence-corrected chi connectivity index (χ1v) is 12.0. The van der Waals surface area contributed by atoms with Crippen molar-refractivity contribution in [3.63, 3.8) is 0 Å². The molecule has 0 bridgehead atoms. The summed E-state index contributed by atoms with van der Waals surface area (Å²) >= 11 is 1.49. The molecule has 0 N–H and O–H groups in total. The van der Waals surface area contributed by atoms with Crippen LogP contribution in [0.5, 0.6) is 11.5 Å². The predicted octanol–water partition coefficient (Wildman–Crippen LogP) is 2.43. The Morgan fingerprint density at radius 2 is 1.81 bits per heavy atom. The van der Waals surface area contributed by atoms with Crippen LogP contribution in [0.1, 0.15) is 28.2 Å². The van der Waals surface area contributed by atoms with Crippen LogP contribution in [0.3, 0.4) is 0 Å². The van der Waals surface area contributed by atoms with Crippen molar-refractivity contribution < 1.29 is 14.3 Å². The summed E-state index contributed by atoms with van der Waals surface area (Å²) in [5.41, 5.74) is 1.24. The molecule has 8 nitrogen and oxygen atoms in total. The van der Waals surface area contributed by atoms with E-state index in [2.05, 4.69) is 38.7 Å². The van der Waals surface area contributed by atoms with Crippen molar-refractivity contribution in [1.82, 2.24) is 19.7 Å². The van der Waals surface area contributed by atoms with Crippen LogP contribution in [0.15, 0.2) is 24.4 Å². The molecule has 0 radical (unpaired) electrons. The van der Waals surface area contributed by atoms with E-state index in [0.29, 0.717) is 30.7 Å². The Bertz CT molecular complexity index is 926. The van der Waals surface area contributed by atoms with Crippen molar-refractivity contribution >= 4 is 22.4 Å². The molecule has 2 aliphatic heterocycles. The number of fused-ring (bicyclic) bond motifs is 1. The fourth-order valence-corrected chi connectivity index (χ4v) is 4.94. The minimum absolute atomic E-state index is 0.0430. The van der Waals surface area contributed by atoms with Crippen LogP contribution in [-0.2, 0) is 0 Å². The van der Waals surface area contributed by atoms with E-state index in [1.165, 1.54) is 16.9 Å². The maximum Gasteiger partial charge on any atom is 0.265 e. The first-order chi connectivity index (χ1) is 15.4. The van der Waals surface area contributed by atoms with Crippen LogP contribution < -0.4 is 14.4 Å². The Labute approximate surface area is 194 Å². The smallest absolute Gasteiger partial charge is 0.265 e. The quantitative estimate of drug-likeness (QED) is 0.630. The summed E-state index contributed by atoms with van der Waals surface area (Å²) in [6.07, 6.45) is 1.72. The largest absolute Gasteiger partial charge is 0.486 e. The van der Waals surface area contributed by atoms with E-state index in [-0.39, 0.29) is 5.91 Å². The maximum absolute atomic E-state index is 12.7. The van der Waals surface area contributed by atoms with Crippen LogP contribution in [0.25, 0.3) is 0 Å². The summed E-state index contributed by atoms with van der Waals surface area (Å²) in [6.45, 7) is 8.69. The van der Waals surface area contributed by atoms with Gasteiger partial charge in [0.1, 0.15) is 18.1 Å². The van der Waals surface area contributed by atoms with E-state index < -0.39 is 0 Å². The third-order valence-electron chi connectivity index (χ3n) is 6.11. The van der Waals surface area contributed by atoms with Crippen LogP contribution in [-0.4, -0.2) is 99.2 Å². The van der Waals surface area contributed by atoms with Crippen molar-refractivity contribution in [3.05, 3.63) is 34.8 Å². The van der Waals surface area contributed by atoms with Gasteiger partial charge in [-0.1, -0.05) is 17.4 Å². The molecule has 4 rings (SSSR count). The number of thiazole rings is 1. The molecule has 0 unspecified atom stereocenters. The topological polar surface area (TPSA) is 61.4 Å². The van der Waals surface area contributed by atoms with E-state index in [0.717, 1.165) is 49.4 Å². The van der Waals surface area contributed by atoms with E-state index in [4.69, 9.17) is 9.47 Å². The molecule has 2 aromatic rings. The third kappa shape index (κ3) is 5.16. The summed E-state index contributed by atoms with van der Waals surface area (Å²) in [5, 5.41) is 0.931. The molecule has 2 aliphatic rings. The lowest BCUT2D eigenvalue weighted by Crippen LogP contribution is -2.47. The van der Waals surface area contributed by atoms with Gasteiger partial charge in [0, 0.05) is 52.4 Å². The van der Waals surface area contributed by atoms with E-state index in [1.807, 2.05) is 27.2 Å². The van der Waals surface area contributed by atoms with Gasteiger partial charge in [0.05, 0.1) is 6.20 Å². The second kappa shape index (κ2) is 10.1. The van der Waals surface area contributed by atoms with Gasteiger partial charge in [0.25, 0.3) is 5.91 Å². The highest BCUT2D eigenvalue weighted by Crippen LogP contribution is 2.34. The SMILES string of the molecule is C[C@@H](c1ccc2c(c1)OCCO2)N1CCN(c2ncc(C(=O)N(C)CCN(C)C)s2)CC1. The van der Waals surface area contributed by atoms with Crippen molar-refractivity contribution in [2.24, 2.45) is 0 Å². The van der Waals surface area contributed by atoms with Crippen LogP contribution in [0, 0.1) is 0 Å². The predicted molar refractivity (Wildman–Crippen MR) is 127 cm³/mol. The minimum Gasteiger partial charge on any atom is -0.486 e. The highest BCUT2D eigenvalue weighted by Gasteiger charge is 2.26. The summed E-state index contributed by atoms with van der Waals surface area (Å²) in [6, 6.07) is 6.56. The summed E-state index contributed by atoms with van der Waals surface area (Å²) < 4.78 is 11.4. The van der Waals surface area contributed by atoms with Crippen molar-refractivity contribution in [2.75, 3.05) is 78.5 Å². The molecule has 1 amide bonds. The normalized spacial score (nSPS) is 17.5. The number of benzene rings is 1. The lowest BCUT2D eigenvalue weighted by atomic mass is 10.1. The van der Waals surface area contributed by atoms with Gasteiger partial charge in [-0.05, 0) is 38.7 Å². The molecule has 0 aliphatic carbocycles. The highest BCUT2D eigenvalue weighted by molar-refractivity contribution is 7.17. The number of anilines is 1. The van der Waals surface area contributed by atoms with Crippen molar-refractivity contribution in [3.8, 4) is 11.5 Å². The number of aromatic nitrogens is 1. The number of rotatable bonds is 7. The van der Waals surface area contributed by atoms with Gasteiger partial charge in [0.2, 0.25) is 0 Å². The monoisotopic (exact) mass is 459 g/mol. The average Bonchev–Trinajstić information content (AvgIpc) is 3.31. The Morgan fingerprint density at radius 1 is 1.09 bits per heavy atom. The molecular formula is C23H33N5O3S. The van der Waals surface area contributed by atoms with Gasteiger partial charge in [-0.2, -0.15) is 0 Å². The Morgan fingerprint density at radius 3 is 2.53 bits per heavy atom. The lowest BCUT2D eigenvalue weighted by molar-refractivity contribution is 0.0791. The zero-order chi connectivity index (χ0) is 22.7. The fraction of sp³-hybridized carbons (Fsp3) is 0.565. The van der Waals surface area contributed by atoms with Crippen LogP contribution >= 0.6 is 11.3 Å². The fourth-order valence-electron chi connectivity index (χ4n) is 3.98. The van der Waals surface area contributed by atoms with Crippen molar-refractivity contribution in [2.45, 2.75) is 13.0 Å². The summed E-state index contributed by atoms with van der Waals surface area (Å²) in [4.78, 5) is 26.6. The third-order valence-corrected chi connectivity index (χ3v) is 7.16. The van der Waals surface area contributed by atoms with Crippen LogP contribution in [0.2, 0.25) is 0 Å². The molecule has 32 heavy (non-hydrogen) atoms. The Hall–Kier alpha value is -2.36. The molecule has 1 atom stereocenters. The van der Waals surface area contributed by atoms with E-state index >= 15 is 0 Å². The second-order valence-electron chi connectivity index (χ2n) is 8.64. The number of hydrogen-bond acceptors (Lipinski definition) is 8. The molecule has 174 valence electrons. The van der Waals surface area contributed by atoms with E-state index in [9.17, 15) is 4.79 Å². The molecule has 9 heteroatoms. The molecular weight excluding hydrogens is 426 g/mol. The van der Waals surface area contributed by atoms with Gasteiger partial charge >= 0.3 is 0 Å². The van der Waals surface area contributed by atoms with Gasteiger partial charge in [-0.3, -0.25) is 9.69 Å². The number of carbonyl (C=O) groups excluding carboxylic acids is 1. The number of ether oxygens (including phenoxy) is 2. The molecule has 1 fully saturated rings. The Kier molecular flexibility index (Phi) is 7.17. The highest BCUT2D eigenvalue weighted by atomic mass is 32.1. The molecule has 1 aromatic carbocycles. The first-order valence-electron chi connectivity index (χ1n) is 11.2. The molecule has 1 aromatic heterocycles. The second-order valence-corrected chi connectivity index (χ2v) is 9.65. The first kappa shape index (κ1) is 22.8. The summed E-state index contributed by atoms with van der Waals surface area (Å²) in [7, 11) is 5.87. The van der Waals surface area contributed by atoms with Gasteiger partial charge in [-0.15, -0.1) is 0 Å². The van der Waals surface area contributed by atoms with Crippen molar-refractivity contribution in [1.29, 1.82) is 0 Å². The number of likely N-dealkylation sites (N-methyl/N-ethyl adjacent to an activating group) is 2. The molecule has 1 saturated heterocycles. The number of hydrogen-bond donors (Lipinski definition) is 0. The standard InChI is InChI=1S/C23H33N5O3S/c1-17(18-5-6-19-20(15-18)31-14-13-30-19)27-9-11-28(12-10-27)23-24-16-21(32-23)22(29)26(4)8-7-25(2)3/h5-6,15-17H,7-14H2,1-4H3/t17-/m0/s1. The lowest BCUT2D eigenvalue weighted by Gasteiger charge is -2.38. The summed E-state index contributed by atoms with van der Waals surface area (Å²) in [5.74, 6) is 1.72. The van der Waals surface area contributed by atoms with Gasteiger partial charge in [0.15, 0.2) is 16.6 Å². The Balaban J connectivity index is 1.32. The average molecular weight is 460 g/mol. The maximum atomic E-state index is 12.7. The zero-order valence-corrected chi connectivity index (χ0v) is 20.2. The number of amides is 1. The number of piperazine rings is 1. The number of nitrogens with zero attached hydrogens (tertiary/aromatic N) is 5. The van der Waals surface area contributed by atoms with E-state index in [1.54, 1.807) is 11.1 Å². The van der Waals surface area contributed by atoms with Gasteiger partial charge < -0.3 is 24.2 Å². The zero-order valence-electron chi connectivity index (χ0n) is 19.4. The molecule has 3 heterocycles. The minimum atomic E-state index is 0.0430. The number of carbonyl (C=O) groups is 1. The van der Waals surface area contributed by atoms with Crippen LogP contribution in [0.4, 0.5) is 5.13 Å². The molecule has 0 saturated carbocycles.